The largest absolute Gasteiger partial charge is 0.355 e. The summed E-state index contributed by atoms with van der Waals surface area (Å²) in [5.74, 6) is 1.98. The molecule has 1 saturated heterocycles. The van der Waals surface area contributed by atoms with Gasteiger partial charge >= 0.3 is 0 Å². The maximum Gasteiger partial charge on any atom is 0.235 e. The number of rotatable bonds is 6. The molecule has 1 fully saturated rings. The predicted molar refractivity (Wildman–Crippen MR) is 149 cm³/mol. The number of benzene rings is 3. The van der Waals surface area contributed by atoms with E-state index in [2.05, 4.69) is 72.3 Å². The lowest BCUT2D eigenvalue weighted by molar-refractivity contribution is -0.130. The summed E-state index contributed by atoms with van der Waals surface area (Å²) in [7, 11) is 0. The molecule has 0 unspecified atom stereocenters. The molecule has 0 aliphatic carbocycles. The third-order valence-electron chi connectivity index (χ3n) is 7.35. The molecule has 3 aromatic carbocycles. The van der Waals surface area contributed by atoms with Gasteiger partial charge in [-0.1, -0.05) is 86.6 Å². The van der Waals surface area contributed by atoms with Crippen molar-refractivity contribution in [2.75, 3.05) is 6.54 Å². The number of carbonyl (C=O) groups excluding carboxylic acids is 1. The van der Waals surface area contributed by atoms with Crippen LogP contribution in [0.2, 0.25) is 0 Å². The summed E-state index contributed by atoms with van der Waals surface area (Å²) in [6.45, 7) is 4.94. The van der Waals surface area contributed by atoms with Crippen LogP contribution < -0.4 is 0 Å². The summed E-state index contributed by atoms with van der Waals surface area (Å²) in [6, 6.07) is 29.0. The lowest BCUT2D eigenvalue weighted by atomic mass is 9.87. The van der Waals surface area contributed by atoms with Crippen molar-refractivity contribution in [3.05, 3.63) is 108 Å². The molecule has 1 aliphatic heterocycles. The second-order valence-electron chi connectivity index (χ2n) is 10.1. The van der Waals surface area contributed by atoms with Gasteiger partial charge < -0.3 is 14.9 Å². The van der Waals surface area contributed by atoms with Gasteiger partial charge in [0.1, 0.15) is 5.82 Å². The average Bonchev–Trinajstić information content (AvgIpc) is 3.68. The highest BCUT2D eigenvalue weighted by Crippen LogP contribution is 2.36. The number of nitrogens with zero attached hydrogens (tertiary/aromatic N) is 2. The van der Waals surface area contributed by atoms with E-state index in [1.54, 1.807) is 0 Å². The molecule has 5 heteroatoms. The molecular formula is C32H31N4O. The van der Waals surface area contributed by atoms with Gasteiger partial charge in [0.2, 0.25) is 5.91 Å². The van der Waals surface area contributed by atoms with E-state index in [9.17, 15) is 4.79 Å². The zero-order valence-corrected chi connectivity index (χ0v) is 21.2. The monoisotopic (exact) mass is 487 g/mol. The Bertz CT molecular complexity index is 1480. The number of fused-ring (bicyclic) bond motifs is 1. The van der Waals surface area contributed by atoms with Crippen LogP contribution in [0, 0.1) is 11.8 Å². The van der Waals surface area contributed by atoms with Crippen molar-refractivity contribution in [1.82, 2.24) is 19.9 Å². The van der Waals surface area contributed by atoms with Gasteiger partial charge in [0.15, 0.2) is 0 Å². The molecule has 1 amide bonds. The highest BCUT2D eigenvalue weighted by atomic mass is 16.2. The zero-order chi connectivity index (χ0) is 25.4. The summed E-state index contributed by atoms with van der Waals surface area (Å²) in [4.78, 5) is 27.5. The number of para-hydroxylation sites is 1. The Morgan fingerprint density at radius 1 is 0.892 bits per heavy atom. The number of likely N-dealkylation sites (tertiary alicyclic amines) is 1. The van der Waals surface area contributed by atoms with Crippen molar-refractivity contribution < 1.29 is 4.79 Å². The maximum absolute atomic E-state index is 13.7. The number of amides is 1. The smallest absolute Gasteiger partial charge is 0.235 e. The zero-order valence-electron chi connectivity index (χ0n) is 21.2. The molecule has 2 aromatic heterocycles. The van der Waals surface area contributed by atoms with Crippen LogP contribution in [0.25, 0.3) is 33.4 Å². The Morgan fingerprint density at radius 2 is 1.59 bits per heavy atom. The van der Waals surface area contributed by atoms with Crippen LogP contribution in [0.4, 0.5) is 0 Å². The van der Waals surface area contributed by atoms with Gasteiger partial charge in [0.25, 0.3) is 0 Å². The lowest BCUT2D eigenvalue weighted by Crippen LogP contribution is -2.37. The maximum atomic E-state index is 13.7. The minimum absolute atomic E-state index is 0.0377. The van der Waals surface area contributed by atoms with Crippen LogP contribution in [0.3, 0.4) is 0 Å². The van der Waals surface area contributed by atoms with Crippen molar-refractivity contribution in [3.8, 4) is 22.5 Å². The summed E-state index contributed by atoms with van der Waals surface area (Å²) < 4.78 is 0. The first-order chi connectivity index (χ1) is 18.1. The Hall–Kier alpha value is -4.12. The van der Waals surface area contributed by atoms with Crippen LogP contribution in [-0.4, -0.2) is 32.3 Å². The molecule has 5 nitrogen and oxygen atoms in total. The Balaban J connectivity index is 1.22. The van der Waals surface area contributed by atoms with Crippen molar-refractivity contribution in [3.63, 3.8) is 0 Å². The van der Waals surface area contributed by atoms with E-state index in [4.69, 9.17) is 4.98 Å². The fourth-order valence-electron chi connectivity index (χ4n) is 5.48. The van der Waals surface area contributed by atoms with Gasteiger partial charge in [-0.3, -0.25) is 4.79 Å². The Morgan fingerprint density at radius 3 is 2.32 bits per heavy atom. The quantitative estimate of drug-likeness (QED) is 0.267. The van der Waals surface area contributed by atoms with E-state index < -0.39 is 0 Å². The Kier molecular flexibility index (Phi) is 6.13. The van der Waals surface area contributed by atoms with Crippen molar-refractivity contribution in [2.45, 2.75) is 32.7 Å². The van der Waals surface area contributed by atoms with Crippen LogP contribution in [0.15, 0.2) is 91.1 Å². The van der Waals surface area contributed by atoms with Crippen LogP contribution >= 0.6 is 0 Å². The number of hydrogen-bond donors (Lipinski definition) is 2. The summed E-state index contributed by atoms with van der Waals surface area (Å²) in [5.41, 5.74) is 6.43. The fourth-order valence-corrected chi connectivity index (χ4v) is 5.48. The topological polar surface area (TPSA) is 64.8 Å². The van der Waals surface area contributed by atoms with Gasteiger partial charge in [-0.05, 0) is 47.6 Å². The third-order valence-corrected chi connectivity index (χ3v) is 7.35. The molecule has 3 heterocycles. The van der Waals surface area contributed by atoms with E-state index in [0.717, 1.165) is 64.7 Å². The van der Waals surface area contributed by atoms with Gasteiger partial charge in [-0.2, -0.15) is 0 Å². The van der Waals surface area contributed by atoms with Crippen LogP contribution in [0.5, 0.6) is 0 Å². The highest BCUT2D eigenvalue weighted by Gasteiger charge is 2.37. The molecule has 185 valence electrons. The van der Waals surface area contributed by atoms with Crippen molar-refractivity contribution in [2.24, 2.45) is 5.92 Å². The highest BCUT2D eigenvalue weighted by molar-refractivity contribution is 5.95. The first-order valence-electron chi connectivity index (χ1n) is 13.0. The van der Waals surface area contributed by atoms with Gasteiger partial charge in [-0.25, -0.2) is 4.98 Å². The molecule has 1 radical (unpaired) electrons. The molecule has 5 aromatic rings. The third kappa shape index (κ3) is 4.46. The summed E-state index contributed by atoms with van der Waals surface area (Å²) in [6.07, 6.45) is 3.78. The van der Waals surface area contributed by atoms with E-state index in [-0.39, 0.29) is 17.9 Å². The molecule has 0 saturated carbocycles. The minimum atomic E-state index is -0.0377. The summed E-state index contributed by atoms with van der Waals surface area (Å²) >= 11 is 0. The lowest BCUT2D eigenvalue weighted by Gasteiger charge is -2.29. The van der Waals surface area contributed by atoms with Gasteiger partial charge in [0.05, 0.1) is 23.9 Å². The second-order valence-corrected chi connectivity index (χ2v) is 10.1. The Labute approximate surface area is 217 Å². The normalized spacial score (nSPS) is 15.8. The molecule has 6 rings (SSSR count). The number of nitrogens with one attached hydrogen (secondary N) is 2. The minimum Gasteiger partial charge on any atom is -0.355 e. The number of carbonyl (C=O) groups is 1. The van der Waals surface area contributed by atoms with E-state index in [1.165, 1.54) is 5.39 Å². The average molecular weight is 488 g/mol. The first-order valence-corrected chi connectivity index (χ1v) is 13.0. The number of imidazole rings is 1. The number of hydrogen-bond acceptors (Lipinski definition) is 2. The van der Waals surface area contributed by atoms with Crippen LogP contribution in [-0.2, 0) is 4.79 Å². The molecule has 1 aliphatic rings. The van der Waals surface area contributed by atoms with Gasteiger partial charge in [-0.15, -0.1) is 0 Å². The predicted octanol–water partition coefficient (Wildman–Crippen LogP) is 7.17. The van der Waals surface area contributed by atoms with E-state index >= 15 is 0 Å². The molecule has 2 N–H and O–H groups in total. The standard InChI is InChI=1S/C32H31N4O/c1-21(2)30(24-9-4-3-5-10-24)32(37)36-18-8-13-29(36)31-33-20-28(35-31)23-16-14-22(15-17-23)27-19-25-11-6-7-12-26(25)34-27/h3-7,9-12,14-17,19-21,29,34H,8,13,18H2,1-2H3,(H,33,35)/t29-/m0/s1. The molecule has 1 atom stereocenters. The van der Waals surface area contributed by atoms with Crippen molar-refractivity contribution in [1.29, 1.82) is 0 Å². The van der Waals surface area contributed by atoms with Gasteiger partial charge in [0, 0.05) is 23.1 Å². The van der Waals surface area contributed by atoms with Crippen molar-refractivity contribution >= 4 is 16.8 Å². The van der Waals surface area contributed by atoms with Crippen LogP contribution in [0.1, 0.15) is 44.1 Å². The fraction of sp³-hybridized carbons (Fsp3) is 0.219. The molecule has 0 bridgehead atoms. The van der Waals surface area contributed by atoms with E-state index in [1.807, 2.05) is 47.5 Å². The number of H-pyrrole nitrogens is 2. The van der Waals surface area contributed by atoms with E-state index in [0.29, 0.717) is 0 Å². The SMILES string of the molecule is CC(C)[C](C(=O)N1CCC[C@H]1c1ncc(-c2ccc(-c3cc4ccccc4[nH]3)cc2)[nH]1)c1ccccc1. The number of aromatic nitrogens is 3. The molecule has 37 heavy (non-hydrogen) atoms. The second kappa shape index (κ2) is 9.74. The molecule has 0 spiro atoms. The number of aromatic amines is 2. The first kappa shape index (κ1) is 23.3. The summed E-state index contributed by atoms with van der Waals surface area (Å²) in [5, 5.41) is 1.21. The molecular weight excluding hydrogens is 456 g/mol.